The van der Waals surface area contributed by atoms with Crippen molar-refractivity contribution < 1.29 is 4.42 Å². The molecule has 1 fully saturated rings. The van der Waals surface area contributed by atoms with Crippen molar-refractivity contribution in [2.24, 2.45) is 0 Å². The summed E-state index contributed by atoms with van der Waals surface area (Å²) < 4.78 is 11.6. The van der Waals surface area contributed by atoms with Gasteiger partial charge in [-0.2, -0.15) is 0 Å². The number of nitrogens with one attached hydrogen (secondary N) is 3. The molecule has 1 aliphatic heterocycles. The van der Waals surface area contributed by atoms with Crippen LogP contribution in [-0.2, 0) is 6.42 Å². The van der Waals surface area contributed by atoms with Crippen LogP contribution in [0.3, 0.4) is 0 Å². The summed E-state index contributed by atoms with van der Waals surface area (Å²) in [6.07, 6.45) is 4.12. The van der Waals surface area contributed by atoms with Gasteiger partial charge in [0.2, 0.25) is 0 Å². The van der Waals surface area contributed by atoms with Crippen LogP contribution in [0, 0.1) is 0 Å². The van der Waals surface area contributed by atoms with Crippen molar-refractivity contribution in [3.05, 3.63) is 198 Å². The van der Waals surface area contributed by atoms with Crippen molar-refractivity contribution in [2.75, 3.05) is 0 Å². The van der Waals surface area contributed by atoms with Crippen LogP contribution in [0.1, 0.15) is 52.9 Å². The molecule has 2 atom stereocenters. The molecule has 10 aromatic rings. The van der Waals surface area contributed by atoms with Gasteiger partial charge in [0.15, 0.2) is 0 Å². The maximum absolute atomic E-state index is 6.62. The van der Waals surface area contributed by atoms with Crippen LogP contribution in [0.25, 0.3) is 69.8 Å². The number of nitrogens with zero attached hydrogens (tertiary/aromatic N) is 1. The van der Waals surface area contributed by atoms with Gasteiger partial charge in [-0.1, -0.05) is 133 Å². The summed E-state index contributed by atoms with van der Waals surface area (Å²) in [5.74, 6) is 1.07. The van der Waals surface area contributed by atoms with Gasteiger partial charge in [-0.15, -0.1) is 11.3 Å². The molecule has 1 saturated heterocycles. The van der Waals surface area contributed by atoms with E-state index < -0.39 is 0 Å². The van der Waals surface area contributed by atoms with Crippen LogP contribution in [0.5, 0.6) is 0 Å². The molecule has 3 N–H and O–H groups in total. The van der Waals surface area contributed by atoms with E-state index in [4.69, 9.17) is 4.42 Å². The highest BCUT2D eigenvalue weighted by molar-refractivity contribution is 7.25. The number of hydrogen-bond donors (Lipinski definition) is 3. The van der Waals surface area contributed by atoms with Crippen molar-refractivity contribution in [3.63, 3.8) is 0 Å². The number of aryl methyl sites for hydroxylation is 1. The molecule has 3 aromatic heterocycles. The van der Waals surface area contributed by atoms with Crippen molar-refractivity contribution in [1.82, 2.24) is 20.5 Å². The topological polar surface area (TPSA) is 54.2 Å². The van der Waals surface area contributed by atoms with Gasteiger partial charge in [-0.3, -0.25) is 16.0 Å². The van der Waals surface area contributed by atoms with Gasteiger partial charge in [0.1, 0.15) is 11.3 Å². The van der Waals surface area contributed by atoms with Crippen LogP contribution in [-0.4, -0.2) is 4.57 Å². The lowest BCUT2D eigenvalue weighted by molar-refractivity contribution is 0.204. The zero-order chi connectivity index (χ0) is 37.5. The minimum absolute atomic E-state index is 0.0247. The maximum atomic E-state index is 6.62. The Kier molecular flexibility index (Phi) is 7.60. The average molecular weight is 755 g/mol. The van der Waals surface area contributed by atoms with E-state index in [0.29, 0.717) is 0 Å². The number of rotatable bonds is 5. The van der Waals surface area contributed by atoms with E-state index in [2.05, 4.69) is 190 Å². The summed E-state index contributed by atoms with van der Waals surface area (Å²) in [5, 5.41) is 17.9. The second-order valence-electron chi connectivity index (χ2n) is 15.3. The number of fused-ring (bicyclic) bond motifs is 9. The highest BCUT2D eigenvalue weighted by atomic mass is 32.1. The molecule has 4 heterocycles. The first kappa shape index (κ1) is 32.9. The largest absolute Gasteiger partial charge is 0.460 e. The summed E-state index contributed by atoms with van der Waals surface area (Å²) in [6, 6.07) is 59.3. The molecule has 2 unspecified atom stereocenters. The van der Waals surface area contributed by atoms with E-state index in [0.717, 1.165) is 29.6 Å². The average Bonchev–Trinajstić information content (AvgIpc) is 3.96. The Morgan fingerprint density at radius 3 is 1.88 bits per heavy atom. The number of furan rings is 1. The number of benzene rings is 7. The van der Waals surface area contributed by atoms with Crippen LogP contribution in [0.2, 0.25) is 0 Å². The highest BCUT2D eigenvalue weighted by Gasteiger charge is 2.31. The zero-order valence-corrected chi connectivity index (χ0v) is 31.9. The third-order valence-electron chi connectivity index (χ3n) is 12.0. The van der Waals surface area contributed by atoms with Crippen LogP contribution >= 0.6 is 11.3 Å². The molecule has 12 rings (SSSR count). The van der Waals surface area contributed by atoms with Gasteiger partial charge >= 0.3 is 0 Å². The monoisotopic (exact) mass is 754 g/mol. The molecule has 274 valence electrons. The van der Waals surface area contributed by atoms with Crippen molar-refractivity contribution in [2.45, 2.75) is 31.3 Å². The molecule has 2 aliphatic rings. The molecule has 0 radical (unpaired) electrons. The molecule has 57 heavy (non-hydrogen) atoms. The SMILES string of the molecule is C1=C(n2c3ccccc3c3ccccc32)c2c(oc3ccc(-c4ccc5c(c4)sc4cccc(C6NC(c7ccccc7)NC(c7ccccc7)N6)c45)cc23)CC1. The Balaban J connectivity index is 0.949. The van der Waals surface area contributed by atoms with E-state index in [-0.39, 0.29) is 18.5 Å². The maximum Gasteiger partial charge on any atom is 0.135 e. The smallest absolute Gasteiger partial charge is 0.135 e. The zero-order valence-electron chi connectivity index (χ0n) is 31.1. The number of aromatic nitrogens is 1. The van der Waals surface area contributed by atoms with Gasteiger partial charge in [-0.05, 0) is 70.6 Å². The molecule has 6 heteroatoms. The van der Waals surface area contributed by atoms with E-state index in [1.54, 1.807) is 0 Å². The summed E-state index contributed by atoms with van der Waals surface area (Å²) in [6.45, 7) is 0. The third kappa shape index (κ3) is 5.33. The second-order valence-corrected chi connectivity index (χ2v) is 16.3. The molecule has 0 spiro atoms. The number of thiophene rings is 1. The van der Waals surface area contributed by atoms with Crippen molar-refractivity contribution in [1.29, 1.82) is 0 Å². The minimum atomic E-state index is -0.0747. The lowest BCUT2D eigenvalue weighted by atomic mass is 9.95. The Labute approximate surface area is 333 Å². The lowest BCUT2D eigenvalue weighted by Crippen LogP contribution is -2.54. The molecule has 1 aliphatic carbocycles. The Bertz CT molecular complexity index is 3090. The number of hydrogen-bond acceptors (Lipinski definition) is 5. The third-order valence-corrected chi connectivity index (χ3v) is 13.1. The fourth-order valence-corrected chi connectivity index (χ4v) is 10.6. The van der Waals surface area contributed by atoms with Gasteiger partial charge in [0.25, 0.3) is 0 Å². The summed E-state index contributed by atoms with van der Waals surface area (Å²) in [4.78, 5) is 0. The normalized spacial score (nSPS) is 18.5. The van der Waals surface area contributed by atoms with Gasteiger partial charge in [0, 0.05) is 48.3 Å². The quantitative estimate of drug-likeness (QED) is 0.164. The minimum Gasteiger partial charge on any atom is -0.460 e. The Morgan fingerprint density at radius 1 is 0.526 bits per heavy atom. The van der Waals surface area contributed by atoms with Gasteiger partial charge in [-0.25, -0.2) is 0 Å². The van der Waals surface area contributed by atoms with E-state index in [1.165, 1.54) is 81.1 Å². The van der Waals surface area contributed by atoms with Crippen molar-refractivity contribution in [3.8, 4) is 11.1 Å². The van der Waals surface area contributed by atoms with Crippen LogP contribution < -0.4 is 16.0 Å². The Hall–Kier alpha value is -6.28. The summed E-state index contributed by atoms with van der Waals surface area (Å²) in [5.41, 5.74) is 11.9. The molecular weight excluding hydrogens is 717 g/mol. The Morgan fingerprint density at radius 2 is 1.16 bits per heavy atom. The molecule has 0 saturated carbocycles. The fourth-order valence-electron chi connectivity index (χ4n) is 9.39. The predicted molar refractivity (Wildman–Crippen MR) is 236 cm³/mol. The molecule has 5 nitrogen and oxygen atoms in total. The van der Waals surface area contributed by atoms with Gasteiger partial charge < -0.3 is 8.98 Å². The van der Waals surface area contributed by atoms with Gasteiger partial charge in [0.05, 0.1) is 35.2 Å². The second kappa shape index (κ2) is 13.2. The number of allylic oxidation sites excluding steroid dienone is 1. The van der Waals surface area contributed by atoms with Crippen molar-refractivity contribution >= 4 is 70.0 Å². The molecule has 0 bridgehead atoms. The highest BCUT2D eigenvalue weighted by Crippen LogP contribution is 2.44. The van der Waals surface area contributed by atoms with E-state index >= 15 is 0 Å². The van der Waals surface area contributed by atoms with Crippen LogP contribution in [0.15, 0.2) is 174 Å². The number of para-hydroxylation sites is 2. The standard InChI is InChI=1S/C51H38N4OS/c1-3-13-31(14-4-1)49-52-50(32-15-5-2-6-16-32)54-51(53-49)38-19-11-24-45-47(38)37-27-25-34(30-46(37)57-45)33-26-28-43-39(29-33)48-42(22-12-23-44(48)56-43)55-40-20-9-7-17-35(40)36-18-8-10-21-41(36)55/h1-11,13-22,24-30,49-54H,12,23H2. The lowest BCUT2D eigenvalue weighted by Gasteiger charge is -2.40. The first-order valence-corrected chi connectivity index (χ1v) is 20.6. The fraction of sp³-hybridized carbons (Fsp3) is 0.0980. The molecule has 0 amide bonds. The summed E-state index contributed by atoms with van der Waals surface area (Å²) >= 11 is 1.87. The van der Waals surface area contributed by atoms with E-state index in [9.17, 15) is 0 Å². The van der Waals surface area contributed by atoms with Crippen LogP contribution in [0.4, 0.5) is 0 Å². The first-order chi connectivity index (χ1) is 28.2. The molecule has 7 aromatic carbocycles. The predicted octanol–water partition coefficient (Wildman–Crippen LogP) is 12.6. The molecular formula is C51H38N4OS. The first-order valence-electron chi connectivity index (χ1n) is 19.8. The van der Waals surface area contributed by atoms with E-state index in [1.807, 2.05) is 11.3 Å². The summed E-state index contributed by atoms with van der Waals surface area (Å²) in [7, 11) is 0.